The Bertz CT molecular complexity index is 709. The predicted molar refractivity (Wildman–Crippen MR) is 91.7 cm³/mol. The van der Waals surface area contributed by atoms with Crippen molar-refractivity contribution in [1.82, 2.24) is 4.98 Å². The SMILES string of the molecule is I.NC(=NCc1ncccc1F)Nc1ccccc1OC(F)(F)F. The number of benzene rings is 1. The smallest absolute Gasteiger partial charge is 0.404 e. The minimum Gasteiger partial charge on any atom is -0.404 e. The topological polar surface area (TPSA) is 72.5 Å². The van der Waals surface area contributed by atoms with Gasteiger partial charge in [-0.1, -0.05) is 12.1 Å². The molecule has 1 heterocycles. The molecule has 0 amide bonds. The number of nitrogens with two attached hydrogens (primary N) is 1. The summed E-state index contributed by atoms with van der Waals surface area (Å²) in [5.41, 5.74) is 5.63. The molecule has 1 aromatic carbocycles. The van der Waals surface area contributed by atoms with E-state index in [1.807, 2.05) is 0 Å². The van der Waals surface area contributed by atoms with E-state index in [2.05, 4.69) is 20.0 Å². The number of anilines is 1. The molecule has 0 aliphatic rings. The van der Waals surface area contributed by atoms with Gasteiger partial charge in [-0.2, -0.15) is 0 Å². The Morgan fingerprint density at radius 2 is 1.92 bits per heavy atom. The first-order valence-electron chi connectivity index (χ1n) is 6.36. The van der Waals surface area contributed by atoms with Gasteiger partial charge in [-0.05, 0) is 24.3 Å². The molecule has 0 fully saturated rings. The standard InChI is InChI=1S/C14H12F4N4O.HI/c15-9-4-3-7-20-11(9)8-21-13(19)22-10-5-1-2-6-12(10)23-14(16,17)18;/h1-7H,8H2,(H3,19,21,22);1H. The molecule has 10 heteroatoms. The summed E-state index contributed by atoms with van der Waals surface area (Å²) in [5.74, 6) is -1.21. The van der Waals surface area contributed by atoms with Gasteiger partial charge in [0.2, 0.25) is 0 Å². The van der Waals surface area contributed by atoms with Crippen LogP contribution in [0.25, 0.3) is 0 Å². The Morgan fingerprint density at radius 1 is 1.21 bits per heavy atom. The Labute approximate surface area is 152 Å². The molecule has 0 saturated carbocycles. The molecule has 2 aromatic rings. The number of nitrogens with one attached hydrogen (secondary N) is 1. The van der Waals surface area contributed by atoms with Crippen molar-refractivity contribution in [1.29, 1.82) is 0 Å². The van der Waals surface area contributed by atoms with Crippen LogP contribution in [0.15, 0.2) is 47.6 Å². The van der Waals surface area contributed by atoms with Crippen LogP contribution in [0.5, 0.6) is 5.75 Å². The molecule has 0 saturated heterocycles. The number of pyridine rings is 1. The van der Waals surface area contributed by atoms with Crippen molar-refractivity contribution >= 4 is 35.6 Å². The number of rotatable bonds is 4. The number of alkyl halides is 3. The van der Waals surface area contributed by atoms with Gasteiger partial charge in [0.1, 0.15) is 5.82 Å². The highest BCUT2D eigenvalue weighted by Crippen LogP contribution is 2.29. The van der Waals surface area contributed by atoms with E-state index in [0.717, 1.165) is 6.07 Å². The first-order valence-corrected chi connectivity index (χ1v) is 6.36. The Morgan fingerprint density at radius 3 is 2.58 bits per heavy atom. The molecule has 2 rings (SSSR count). The number of hydrogen-bond acceptors (Lipinski definition) is 3. The van der Waals surface area contributed by atoms with Crippen molar-refractivity contribution in [2.75, 3.05) is 5.32 Å². The average molecular weight is 456 g/mol. The van der Waals surface area contributed by atoms with Crippen molar-refractivity contribution < 1.29 is 22.3 Å². The van der Waals surface area contributed by atoms with Gasteiger partial charge in [0.25, 0.3) is 0 Å². The highest BCUT2D eigenvalue weighted by atomic mass is 127. The molecule has 0 spiro atoms. The molecule has 130 valence electrons. The van der Waals surface area contributed by atoms with Gasteiger partial charge in [0, 0.05) is 6.20 Å². The summed E-state index contributed by atoms with van der Waals surface area (Å²) >= 11 is 0. The van der Waals surface area contributed by atoms with Crippen molar-refractivity contribution in [3.8, 4) is 5.75 Å². The third-order valence-corrected chi connectivity index (χ3v) is 2.61. The lowest BCUT2D eigenvalue weighted by atomic mass is 10.3. The second-order valence-corrected chi connectivity index (χ2v) is 4.30. The molecule has 24 heavy (non-hydrogen) atoms. The maximum absolute atomic E-state index is 13.4. The maximum Gasteiger partial charge on any atom is 0.573 e. The summed E-state index contributed by atoms with van der Waals surface area (Å²) in [6.07, 6.45) is -3.44. The van der Waals surface area contributed by atoms with Gasteiger partial charge in [0.15, 0.2) is 11.7 Å². The molecule has 5 nitrogen and oxygen atoms in total. The van der Waals surface area contributed by atoms with Crippen LogP contribution >= 0.6 is 24.0 Å². The first kappa shape index (κ1) is 19.9. The van der Waals surface area contributed by atoms with E-state index in [-0.39, 0.29) is 47.9 Å². The summed E-state index contributed by atoms with van der Waals surface area (Å²) in [4.78, 5) is 7.62. The number of hydrogen-bond donors (Lipinski definition) is 2. The highest BCUT2D eigenvalue weighted by Gasteiger charge is 2.32. The summed E-state index contributed by atoms with van der Waals surface area (Å²) in [6.45, 7) is -0.159. The summed E-state index contributed by atoms with van der Waals surface area (Å²) in [5, 5.41) is 2.48. The zero-order chi connectivity index (χ0) is 16.9. The Hall–Kier alpha value is -2.11. The summed E-state index contributed by atoms with van der Waals surface area (Å²) in [6, 6.07) is 7.98. The minimum atomic E-state index is -4.83. The van der Waals surface area contributed by atoms with Gasteiger partial charge >= 0.3 is 6.36 Å². The lowest BCUT2D eigenvalue weighted by Gasteiger charge is -2.14. The molecular weight excluding hydrogens is 443 g/mol. The van der Waals surface area contributed by atoms with Gasteiger partial charge in [0.05, 0.1) is 17.9 Å². The first-order chi connectivity index (χ1) is 10.8. The largest absolute Gasteiger partial charge is 0.573 e. The van der Waals surface area contributed by atoms with Crippen LogP contribution in [0.4, 0.5) is 23.2 Å². The van der Waals surface area contributed by atoms with E-state index in [1.54, 1.807) is 0 Å². The Kier molecular flexibility index (Phi) is 7.19. The molecule has 0 aliphatic carbocycles. The van der Waals surface area contributed by atoms with Crippen LogP contribution in [0.2, 0.25) is 0 Å². The van der Waals surface area contributed by atoms with E-state index in [0.29, 0.717) is 0 Å². The second kappa shape index (κ2) is 8.66. The van der Waals surface area contributed by atoms with E-state index >= 15 is 0 Å². The Balaban J connectivity index is 0.00000288. The van der Waals surface area contributed by atoms with Crippen molar-refractivity contribution in [2.24, 2.45) is 10.7 Å². The van der Waals surface area contributed by atoms with Crippen LogP contribution in [0, 0.1) is 5.82 Å². The van der Waals surface area contributed by atoms with Crippen molar-refractivity contribution in [3.63, 3.8) is 0 Å². The van der Waals surface area contributed by atoms with Crippen LogP contribution in [-0.4, -0.2) is 17.3 Å². The fraction of sp³-hybridized carbons (Fsp3) is 0.143. The van der Waals surface area contributed by atoms with Gasteiger partial charge in [-0.15, -0.1) is 37.1 Å². The molecule has 0 radical (unpaired) electrons. The second-order valence-electron chi connectivity index (χ2n) is 4.30. The number of para-hydroxylation sites is 2. The van der Waals surface area contributed by atoms with E-state index < -0.39 is 17.9 Å². The molecule has 0 bridgehead atoms. The number of halogens is 5. The number of aliphatic imine (C=N–C) groups is 1. The maximum atomic E-state index is 13.4. The average Bonchev–Trinajstić information content (AvgIpc) is 2.47. The molecule has 1 aromatic heterocycles. The number of ether oxygens (including phenoxy) is 1. The van der Waals surface area contributed by atoms with Crippen LogP contribution in [-0.2, 0) is 6.54 Å². The molecule has 0 aliphatic heterocycles. The number of aromatic nitrogens is 1. The van der Waals surface area contributed by atoms with Crippen LogP contribution in [0.1, 0.15) is 5.69 Å². The van der Waals surface area contributed by atoms with Crippen molar-refractivity contribution in [2.45, 2.75) is 12.9 Å². The predicted octanol–water partition coefficient (Wildman–Crippen LogP) is 3.66. The third-order valence-electron chi connectivity index (χ3n) is 2.61. The zero-order valence-corrected chi connectivity index (χ0v) is 14.4. The number of nitrogens with zero attached hydrogens (tertiary/aromatic N) is 2. The summed E-state index contributed by atoms with van der Waals surface area (Å²) < 4.78 is 54.2. The molecular formula is C14H13F4IN4O. The van der Waals surface area contributed by atoms with Gasteiger partial charge in [-0.3, -0.25) is 4.98 Å². The fourth-order valence-electron chi connectivity index (χ4n) is 1.66. The number of guanidine groups is 1. The summed E-state index contributed by atoms with van der Waals surface area (Å²) in [7, 11) is 0. The quantitative estimate of drug-likeness (QED) is 0.319. The van der Waals surface area contributed by atoms with Gasteiger partial charge < -0.3 is 15.8 Å². The zero-order valence-electron chi connectivity index (χ0n) is 12.0. The lowest BCUT2D eigenvalue weighted by Crippen LogP contribution is -2.24. The van der Waals surface area contributed by atoms with Gasteiger partial charge in [-0.25, -0.2) is 9.38 Å². The van der Waals surface area contributed by atoms with Crippen LogP contribution < -0.4 is 15.8 Å². The lowest BCUT2D eigenvalue weighted by molar-refractivity contribution is -0.274. The molecule has 3 N–H and O–H groups in total. The highest BCUT2D eigenvalue weighted by molar-refractivity contribution is 14.0. The van der Waals surface area contributed by atoms with E-state index in [1.165, 1.54) is 36.5 Å². The van der Waals surface area contributed by atoms with Crippen LogP contribution in [0.3, 0.4) is 0 Å². The molecule has 0 atom stereocenters. The van der Waals surface area contributed by atoms with E-state index in [9.17, 15) is 17.6 Å². The third kappa shape index (κ3) is 6.18. The fourth-order valence-corrected chi connectivity index (χ4v) is 1.66. The normalized spacial score (nSPS) is 11.6. The molecule has 0 unspecified atom stereocenters. The van der Waals surface area contributed by atoms with E-state index in [4.69, 9.17) is 5.73 Å². The monoisotopic (exact) mass is 456 g/mol. The minimum absolute atomic E-state index is 0. The van der Waals surface area contributed by atoms with Crippen molar-refractivity contribution in [3.05, 3.63) is 54.1 Å².